The highest BCUT2D eigenvalue weighted by atomic mass is 19.3. The Labute approximate surface area is 104 Å². The predicted octanol–water partition coefficient (Wildman–Crippen LogP) is 4.24. The van der Waals surface area contributed by atoms with Crippen LogP contribution in [0, 0.1) is 6.43 Å². The molecule has 0 aliphatic rings. The minimum absolute atomic E-state index is 0.0987. The lowest BCUT2D eigenvalue weighted by Crippen LogP contribution is -2.25. The number of rotatable bonds is 5. The van der Waals surface area contributed by atoms with E-state index in [-0.39, 0.29) is 18.5 Å². The van der Waals surface area contributed by atoms with E-state index >= 15 is 0 Å². The Morgan fingerprint density at radius 2 is 1.78 bits per heavy atom. The van der Waals surface area contributed by atoms with Gasteiger partial charge in [0, 0.05) is 6.20 Å². The standard InChI is InChI=1S/C14H13F3N/c15-13(16)14(17,12-7-4-10-18-12)9-8-11-5-2-1-3-6-11/h1-7,10,18H,8-9H2. The lowest BCUT2D eigenvalue weighted by atomic mass is 9.94. The molecule has 1 atom stereocenters. The van der Waals surface area contributed by atoms with Crippen LogP contribution in [-0.4, -0.2) is 4.98 Å². The first-order chi connectivity index (χ1) is 8.63. The van der Waals surface area contributed by atoms with E-state index in [4.69, 9.17) is 0 Å². The third kappa shape index (κ3) is 2.58. The van der Waals surface area contributed by atoms with E-state index in [2.05, 4.69) is 4.98 Å². The molecule has 0 amide bonds. The van der Waals surface area contributed by atoms with Gasteiger partial charge in [-0.2, -0.15) is 8.78 Å². The van der Waals surface area contributed by atoms with Crippen molar-refractivity contribution in [3.63, 3.8) is 0 Å². The molecule has 0 aliphatic carbocycles. The molecule has 95 valence electrons. The molecule has 2 aromatic rings. The van der Waals surface area contributed by atoms with Crippen molar-refractivity contribution in [2.45, 2.75) is 18.5 Å². The third-order valence-electron chi connectivity index (χ3n) is 2.93. The molecule has 1 aromatic carbocycles. The molecule has 1 nitrogen and oxygen atoms in total. The van der Waals surface area contributed by atoms with Crippen LogP contribution in [0.2, 0.25) is 0 Å². The van der Waals surface area contributed by atoms with Gasteiger partial charge in [0.1, 0.15) is 0 Å². The lowest BCUT2D eigenvalue weighted by molar-refractivity contribution is 0.0419. The fourth-order valence-corrected chi connectivity index (χ4v) is 1.87. The predicted molar refractivity (Wildman–Crippen MR) is 63.8 cm³/mol. The van der Waals surface area contributed by atoms with Crippen LogP contribution in [0.15, 0.2) is 48.7 Å². The molecule has 0 fully saturated rings. The fourth-order valence-electron chi connectivity index (χ4n) is 1.87. The zero-order valence-electron chi connectivity index (χ0n) is 9.67. The van der Waals surface area contributed by atoms with Gasteiger partial charge in [-0.05, 0) is 30.5 Å². The number of benzene rings is 1. The molecule has 0 saturated carbocycles. The average Bonchev–Trinajstić information content (AvgIpc) is 2.91. The largest absolute Gasteiger partial charge is 0.362 e. The van der Waals surface area contributed by atoms with Crippen LogP contribution in [-0.2, 0) is 12.1 Å². The number of aromatic nitrogens is 1. The minimum Gasteiger partial charge on any atom is -0.362 e. The Morgan fingerprint density at radius 3 is 2.33 bits per heavy atom. The SMILES string of the molecule is F[C](F)C(F)(CCc1ccccc1)c1ccc[nH]1. The van der Waals surface area contributed by atoms with Crippen LogP contribution in [0.1, 0.15) is 17.7 Å². The molecule has 18 heavy (non-hydrogen) atoms. The van der Waals surface area contributed by atoms with E-state index in [1.165, 1.54) is 18.3 Å². The van der Waals surface area contributed by atoms with E-state index < -0.39 is 12.1 Å². The van der Waals surface area contributed by atoms with Crippen LogP contribution >= 0.6 is 0 Å². The molecule has 1 N–H and O–H groups in total. The Balaban J connectivity index is 2.13. The summed E-state index contributed by atoms with van der Waals surface area (Å²) < 4.78 is 40.1. The van der Waals surface area contributed by atoms with Gasteiger partial charge in [0.25, 0.3) is 0 Å². The van der Waals surface area contributed by atoms with Gasteiger partial charge in [-0.1, -0.05) is 30.3 Å². The number of aromatic amines is 1. The highest BCUT2D eigenvalue weighted by molar-refractivity contribution is 5.21. The van der Waals surface area contributed by atoms with Crippen LogP contribution < -0.4 is 0 Å². The fraction of sp³-hybridized carbons (Fsp3) is 0.214. The Hall–Kier alpha value is -1.71. The number of aryl methyl sites for hydroxylation is 1. The molecule has 1 unspecified atom stereocenters. The molecular formula is C14H13F3N. The van der Waals surface area contributed by atoms with Gasteiger partial charge in [-0.3, -0.25) is 0 Å². The van der Waals surface area contributed by atoms with Crippen molar-refractivity contribution >= 4 is 0 Å². The Bertz CT molecular complexity index is 467. The highest BCUT2D eigenvalue weighted by Crippen LogP contribution is 2.40. The maximum atomic E-state index is 14.3. The van der Waals surface area contributed by atoms with E-state index in [0.29, 0.717) is 0 Å². The number of alkyl halides is 1. The summed E-state index contributed by atoms with van der Waals surface area (Å²) in [5, 5.41) is 0. The first-order valence-corrected chi connectivity index (χ1v) is 5.68. The highest BCUT2D eigenvalue weighted by Gasteiger charge is 2.44. The second kappa shape index (κ2) is 5.29. The maximum Gasteiger partial charge on any atom is 0.352 e. The van der Waals surface area contributed by atoms with E-state index in [9.17, 15) is 13.2 Å². The smallest absolute Gasteiger partial charge is 0.352 e. The molecular weight excluding hydrogens is 239 g/mol. The zero-order chi connectivity index (χ0) is 13.0. The van der Waals surface area contributed by atoms with E-state index in [0.717, 1.165) is 5.56 Å². The monoisotopic (exact) mass is 252 g/mol. The van der Waals surface area contributed by atoms with Crippen LogP contribution in [0.5, 0.6) is 0 Å². The summed E-state index contributed by atoms with van der Waals surface area (Å²) >= 11 is 0. The first-order valence-electron chi connectivity index (χ1n) is 5.68. The third-order valence-corrected chi connectivity index (χ3v) is 2.93. The molecule has 1 aromatic heterocycles. The molecule has 2 rings (SSSR count). The van der Waals surface area contributed by atoms with Gasteiger partial charge in [0.15, 0.2) is 0 Å². The summed E-state index contributed by atoms with van der Waals surface area (Å²) in [5.41, 5.74) is -1.95. The van der Waals surface area contributed by atoms with Crippen molar-refractivity contribution in [2.75, 3.05) is 0 Å². The minimum atomic E-state index is -2.70. The topological polar surface area (TPSA) is 15.8 Å². The van der Waals surface area contributed by atoms with Gasteiger partial charge in [-0.15, -0.1) is 0 Å². The lowest BCUT2D eigenvalue weighted by Gasteiger charge is -2.22. The van der Waals surface area contributed by atoms with Gasteiger partial charge >= 0.3 is 6.43 Å². The zero-order valence-corrected chi connectivity index (χ0v) is 9.67. The second-order valence-corrected chi connectivity index (χ2v) is 4.13. The van der Waals surface area contributed by atoms with Crippen molar-refractivity contribution in [3.05, 3.63) is 66.3 Å². The van der Waals surface area contributed by atoms with Crippen molar-refractivity contribution in [2.24, 2.45) is 0 Å². The summed E-state index contributed by atoms with van der Waals surface area (Å²) in [6, 6.07) is 11.9. The summed E-state index contributed by atoms with van der Waals surface area (Å²) in [7, 11) is 0. The second-order valence-electron chi connectivity index (χ2n) is 4.13. The van der Waals surface area contributed by atoms with Gasteiger partial charge < -0.3 is 4.98 Å². The van der Waals surface area contributed by atoms with Crippen LogP contribution in [0.4, 0.5) is 13.2 Å². The number of nitrogens with one attached hydrogen (secondary N) is 1. The van der Waals surface area contributed by atoms with Crippen molar-refractivity contribution in [3.8, 4) is 0 Å². The van der Waals surface area contributed by atoms with E-state index in [1.54, 1.807) is 24.3 Å². The number of H-pyrrole nitrogens is 1. The molecule has 0 spiro atoms. The van der Waals surface area contributed by atoms with E-state index in [1.807, 2.05) is 6.07 Å². The number of halogens is 3. The summed E-state index contributed by atoms with van der Waals surface area (Å²) in [5.74, 6) is 0. The molecule has 4 heteroatoms. The number of hydrogen-bond acceptors (Lipinski definition) is 0. The maximum absolute atomic E-state index is 14.3. The van der Waals surface area contributed by atoms with Crippen molar-refractivity contribution < 1.29 is 13.2 Å². The van der Waals surface area contributed by atoms with Gasteiger partial charge in [-0.25, -0.2) is 4.39 Å². The first kappa shape index (κ1) is 12.7. The van der Waals surface area contributed by atoms with Crippen LogP contribution in [0.25, 0.3) is 0 Å². The number of hydrogen-bond donors (Lipinski definition) is 1. The Morgan fingerprint density at radius 1 is 1.06 bits per heavy atom. The summed E-state index contributed by atoms with van der Waals surface area (Å²) in [6.45, 7) is 0. The summed E-state index contributed by atoms with van der Waals surface area (Å²) in [4.78, 5) is 2.52. The molecule has 0 bridgehead atoms. The average molecular weight is 252 g/mol. The van der Waals surface area contributed by atoms with Crippen molar-refractivity contribution in [1.82, 2.24) is 4.98 Å². The Kier molecular flexibility index (Phi) is 3.75. The molecule has 1 heterocycles. The normalized spacial score (nSPS) is 14.7. The molecule has 0 aliphatic heterocycles. The molecule has 0 saturated heterocycles. The van der Waals surface area contributed by atoms with Crippen LogP contribution in [0.3, 0.4) is 0 Å². The quantitative estimate of drug-likeness (QED) is 0.819. The summed E-state index contributed by atoms with van der Waals surface area (Å²) in [6.07, 6.45) is -0.788. The van der Waals surface area contributed by atoms with Crippen molar-refractivity contribution in [1.29, 1.82) is 0 Å². The van der Waals surface area contributed by atoms with Gasteiger partial charge in [0.2, 0.25) is 5.67 Å². The molecule has 1 radical (unpaired) electrons. The van der Waals surface area contributed by atoms with Gasteiger partial charge in [0.05, 0.1) is 5.69 Å².